The molecule has 0 aromatic heterocycles. The second kappa shape index (κ2) is 6.26. The fraction of sp³-hybridized carbons (Fsp3) is 0.611. The first-order chi connectivity index (χ1) is 11.6. The third-order valence-corrected chi connectivity index (χ3v) is 5.37. The summed E-state index contributed by atoms with van der Waals surface area (Å²) in [7, 11) is 1.49. The summed E-state index contributed by atoms with van der Waals surface area (Å²) in [5, 5.41) is 12.9. The number of nitrogens with zero attached hydrogens (tertiary/aromatic N) is 1. The van der Waals surface area contributed by atoms with Crippen LogP contribution in [-0.2, 0) is 4.74 Å². The first-order valence-corrected chi connectivity index (χ1v) is 8.67. The van der Waals surface area contributed by atoms with Gasteiger partial charge >= 0.3 is 0 Å². The Morgan fingerprint density at radius 1 is 1.38 bits per heavy atom. The van der Waals surface area contributed by atoms with E-state index in [4.69, 9.17) is 9.47 Å². The molecule has 3 fully saturated rings. The summed E-state index contributed by atoms with van der Waals surface area (Å²) in [6.07, 6.45) is 3.90. The molecular formula is C18H24N2O4. The lowest BCUT2D eigenvalue weighted by Crippen LogP contribution is -2.47. The van der Waals surface area contributed by atoms with Gasteiger partial charge in [0.05, 0.1) is 19.8 Å². The average molecular weight is 332 g/mol. The molecule has 1 amide bonds. The van der Waals surface area contributed by atoms with Gasteiger partial charge in [0.2, 0.25) is 0 Å². The molecule has 3 atom stereocenters. The molecule has 1 aromatic carbocycles. The van der Waals surface area contributed by atoms with E-state index in [1.165, 1.54) is 26.0 Å². The molecule has 2 N–H and O–H groups in total. The van der Waals surface area contributed by atoms with Crippen molar-refractivity contribution in [3.8, 4) is 11.5 Å². The Kier molecular flexibility index (Phi) is 4.10. The Balaban J connectivity index is 1.36. The Labute approximate surface area is 141 Å². The highest BCUT2D eigenvalue weighted by Gasteiger charge is 2.42. The molecule has 130 valence electrons. The van der Waals surface area contributed by atoms with Crippen LogP contribution in [0.3, 0.4) is 0 Å². The van der Waals surface area contributed by atoms with Gasteiger partial charge < -0.3 is 19.9 Å². The molecule has 6 heteroatoms. The van der Waals surface area contributed by atoms with Gasteiger partial charge in [0.25, 0.3) is 5.91 Å². The van der Waals surface area contributed by atoms with E-state index in [1.54, 1.807) is 12.1 Å². The Bertz CT molecular complexity index is 631. The zero-order valence-corrected chi connectivity index (χ0v) is 13.9. The molecule has 0 unspecified atom stereocenters. The van der Waals surface area contributed by atoms with E-state index in [1.807, 2.05) is 0 Å². The Morgan fingerprint density at radius 3 is 2.92 bits per heavy atom. The zero-order chi connectivity index (χ0) is 16.7. The average Bonchev–Trinajstić information content (AvgIpc) is 3.35. The SMILES string of the molecule is COc1ccc(C(=O)N[C@H]2C[C@H]3CO[C@@H](C4CC4)CN3C2)cc1O. The highest BCUT2D eigenvalue weighted by atomic mass is 16.5. The first-order valence-electron chi connectivity index (χ1n) is 8.67. The number of phenols is 1. The molecule has 4 rings (SSSR count). The number of hydrogen-bond acceptors (Lipinski definition) is 5. The lowest BCUT2D eigenvalue weighted by atomic mass is 10.1. The van der Waals surface area contributed by atoms with E-state index in [0.717, 1.165) is 32.0 Å². The molecule has 2 heterocycles. The van der Waals surface area contributed by atoms with Crippen molar-refractivity contribution in [2.24, 2.45) is 5.92 Å². The van der Waals surface area contributed by atoms with Crippen molar-refractivity contribution in [1.29, 1.82) is 0 Å². The monoisotopic (exact) mass is 332 g/mol. The van der Waals surface area contributed by atoms with Crippen LogP contribution < -0.4 is 10.1 Å². The Hall–Kier alpha value is -1.79. The van der Waals surface area contributed by atoms with E-state index in [9.17, 15) is 9.90 Å². The predicted molar refractivity (Wildman–Crippen MR) is 88.4 cm³/mol. The Morgan fingerprint density at radius 2 is 2.21 bits per heavy atom. The van der Waals surface area contributed by atoms with Gasteiger partial charge in [-0.3, -0.25) is 9.69 Å². The number of benzene rings is 1. The van der Waals surface area contributed by atoms with Gasteiger partial charge in [-0.1, -0.05) is 0 Å². The molecule has 1 saturated carbocycles. The minimum Gasteiger partial charge on any atom is -0.504 e. The third kappa shape index (κ3) is 3.08. The van der Waals surface area contributed by atoms with Crippen LogP contribution in [0.15, 0.2) is 18.2 Å². The number of aromatic hydroxyl groups is 1. The maximum Gasteiger partial charge on any atom is 0.251 e. The maximum atomic E-state index is 12.4. The summed E-state index contributed by atoms with van der Waals surface area (Å²) in [4.78, 5) is 14.9. The molecule has 24 heavy (non-hydrogen) atoms. The number of rotatable bonds is 4. The van der Waals surface area contributed by atoms with E-state index >= 15 is 0 Å². The maximum absolute atomic E-state index is 12.4. The molecule has 1 aromatic rings. The van der Waals surface area contributed by atoms with Gasteiger partial charge in [-0.25, -0.2) is 0 Å². The molecule has 6 nitrogen and oxygen atoms in total. The van der Waals surface area contributed by atoms with Gasteiger partial charge in [-0.2, -0.15) is 0 Å². The number of amides is 1. The van der Waals surface area contributed by atoms with Crippen LogP contribution in [0.4, 0.5) is 0 Å². The second-order valence-electron chi connectivity index (χ2n) is 7.11. The minimum atomic E-state index is -0.155. The van der Waals surface area contributed by atoms with Crippen LogP contribution in [0.1, 0.15) is 29.6 Å². The summed E-state index contributed by atoms with van der Waals surface area (Å²) >= 11 is 0. The van der Waals surface area contributed by atoms with Gasteiger partial charge in [0.15, 0.2) is 11.5 Å². The number of ether oxygens (including phenoxy) is 2. The van der Waals surface area contributed by atoms with Crippen molar-refractivity contribution >= 4 is 5.91 Å². The molecule has 0 bridgehead atoms. The van der Waals surface area contributed by atoms with Crippen molar-refractivity contribution in [3.63, 3.8) is 0 Å². The summed E-state index contributed by atoms with van der Waals surface area (Å²) in [5.74, 6) is 0.946. The number of methoxy groups -OCH3 is 1. The molecule has 0 spiro atoms. The van der Waals surface area contributed by atoms with Crippen LogP contribution in [0.25, 0.3) is 0 Å². The van der Waals surface area contributed by atoms with Crippen LogP contribution in [0.5, 0.6) is 11.5 Å². The van der Waals surface area contributed by atoms with E-state index in [-0.39, 0.29) is 17.7 Å². The van der Waals surface area contributed by atoms with E-state index < -0.39 is 0 Å². The van der Waals surface area contributed by atoms with Crippen molar-refractivity contribution in [1.82, 2.24) is 10.2 Å². The summed E-state index contributed by atoms with van der Waals surface area (Å²) in [6, 6.07) is 5.27. The molecule has 2 saturated heterocycles. The zero-order valence-electron chi connectivity index (χ0n) is 13.9. The second-order valence-corrected chi connectivity index (χ2v) is 7.11. The normalized spacial score (nSPS) is 30.0. The van der Waals surface area contributed by atoms with Crippen molar-refractivity contribution < 1.29 is 19.4 Å². The highest BCUT2D eigenvalue weighted by molar-refractivity contribution is 5.95. The molecule has 0 radical (unpaired) electrons. The van der Waals surface area contributed by atoms with Crippen molar-refractivity contribution in [2.75, 3.05) is 26.8 Å². The first kappa shape index (κ1) is 15.7. The lowest BCUT2D eigenvalue weighted by molar-refractivity contribution is -0.0581. The number of morpholine rings is 1. The minimum absolute atomic E-state index is 0.0188. The number of carbonyl (C=O) groups excluding carboxylic acids is 1. The van der Waals surface area contributed by atoms with Crippen LogP contribution in [0, 0.1) is 5.92 Å². The fourth-order valence-electron chi connectivity index (χ4n) is 3.86. The molecule has 3 aliphatic rings. The topological polar surface area (TPSA) is 71.0 Å². The number of carbonyl (C=O) groups is 1. The lowest BCUT2D eigenvalue weighted by Gasteiger charge is -2.35. The number of fused-ring (bicyclic) bond motifs is 1. The quantitative estimate of drug-likeness (QED) is 0.872. The van der Waals surface area contributed by atoms with E-state index in [2.05, 4.69) is 10.2 Å². The third-order valence-electron chi connectivity index (χ3n) is 5.37. The van der Waals surface area contributed by atoms with Crippen LogP contribution >= 0.6 is 0 Å². The van der Waals surface area contributed by atoms with E-state index in [0.29, 0.717) is 23.5 Å². The molecule has 1 aliphatic carbocycles. The van der Waals surface area contributed by atoms with Crippen LogP contribution in [0.2, 0.25) is 0 Å². The van der Waals surface area contributed by atoms with Gasteiger partial charge in [0, 0.05) is 30.7 Å². The van der Waals surface area contributed by atoms with Gasteiger partial charge in [-0.15, -0.1) is 0 Å². The summed E-state index contributed by atoms with van der Waals surface area (Å²) in [6.45, 7) is 2.65. The van der Waals surface area contributed by atoms with Gasteiger partial charge in [0.1, 0.15) is 0 Å². The fourth-order valence-corrected chi connectivity index (χ4v) is 3.86. The number of hydrogen-bond donors (Lipinski definition) is 2. The largest absolute Gasteiger partial charge is 0.504 e. The standard InChI is InChI=1S/C18H24N2O4/c1-23-16-5-4-12(6-15(16)21)18(22)19-13-7-14-10-24-17(11-2-3-11)9-20(14)8-13/h4-6,11,13-14,17,21H,2-3,7-10H2,1H3,(H,19,22)/t13-,14-,17+/m0/s1. The smallest absolute Gasteiger partial charge is 0.251 e. The van der Waals surface area contributed by atoms with Crippen molar-refractivity contribution in [2.45, 2.75) is 37.5 Å². The summed E-state index contributed by atoms with van der Waals surface area (Å²) < 4.78 is 11.0. The number of phenolic OH excluding ortho intramolecular Hbond substituents is 1. The van der Waals surface area contributed by atoms with Gasteiger partial charge in [-0.05, 0) is 43.4 Å². The van der Waals surface area contributed by atoms with Crippen LogP contribution in [-0.4, -0.2) is 60.9 Å². The summed E-state index contributed by atoms with van der Waals surface area (Å²) in [5.41, 5.74) is 0.449. The molecule has 2 aliphatic heterocycles. The molecular weight excluding hydrogens is 308 g/mol. The predicted octanol–water partition coefficient (Wildman–Crippen LogP) is 1.38. The van der Waals surface area contributed by atoms with Crippen molar-refractivity contribution in [3.05, 3.63) is 23.8 Å². The highest BCUT2D eigenvalue weighted by Crippen LogP contribution is 2.38. The number of nitrogens with one attached hydrogen (secondary N) is 1.